The van der Waals surface area contributed by atoms with Crippen LogP contribution >= 0.6 is 0 Å². The molecule has 2 aromatic rings. The highest BCUT2D eigenvalue weighted by atomic mass is 16.5. The average Bonchev–Trinajstić information content (AvgIpc) is 3.08. The summed E-state index contributed by atoms with van der Waals surface area (Å²) >= 11 is 0. The summed E-state index contributed by atoms with van der Waals surface area (Å²) in [5.41, 5.74) is 3.09. The Kier molecular flexibility index (Phi) is 4.31. The Morgan fingerprint density at radius 2 is 1.85 bits per heavy atom. The van der Waals surface area contributed by atoms with Gasteiger partial charge < -0.3 is 15.0 Å². The SMILES string of the molecule is CO[C@@H]1C[C@H]2C(=O)Nc3ccc(/C=C/c4ccccc4)cc3C(=O)N2C1. The Labute approximate surface area is 152 Å². The zero-order valence-corrected chi connectivity index (χ0v) is 14.5. The maximum Gasteiger partial charge on any atom is 0.256 e. The topological polar surface area (TPSA) is 58.6 Å². The highest BCUT2D eigenvalue weighted by Gasteiger charge is 2.42. The number of methoxy groups -OCH3 is 1. The highest BCUT2D eigenvalue weighted by molar-refractivity contribution is 6.10. The average molecular weight is 348 g/mol. The summed E-state index contributed by atoms with van der Waals surface area (Å²) in [5.74, 6) is -0.276. The first kappa shape index (κ1) is 16.5. The van der Waals surface area contributed by atoms with Crippen molar-refractivity contribution in [3.8, 4) is 0 Å². The number of ether oxygens (including phenoxy) is 1. The minimum absolute atomic E-state index is 0.0996. The van der Waals surface area contributed by atoms with Crippen LogP contribution in [-0.2, 0) is 9.53 Å². The van der Waals surface area contributed by atoms with Gasteiger partial charge in [-0.3, -0.25) is 9.59 Å². The zero-order chi connectivity index (χ0) is 18.1. The molecular formula is C21H20N2O3. The number of nitrogens with zero attached hydrogens (tertiary/aromatic N) is 1. The molecule has 2 amide bonds. The van der Waals surface area contributed by atoms with E-state index in [4.69, 9.17) is 4.74 Å². The van der Waals surface area contributed by atoms with Crippen molar-refractivity contribution in [3.05, 3.63) is 65.2 Å². The Balaban J connectivity index is 1.65. The molecule has 2 atom stereocenters. The molecule has 0 radical (unpaired) electrons. The molecule has 1 N–H and O–H groups in total. The molecule has 0 spiro atoms. The third-order valence-electron chi connectivity index (χ3n) is 4.96. The number of hydrogen-bond donors (Lipinski definition) is 1. The lowest BCUT2D eigenvalue weighted by Gasteiger charge is -2.19. The van der Waals surface area contributed by atoms with Crippen molar-refractivity contribution in [1.29, 1.82) is 0 Å². The van der Waals surface area contributed by atoms with Crippen LogP contribution in [0.2, 0.25) is 0 Å². The number of amides is 2. The van der Waals surface area contributed by atoms with E-state index in [0.29, 0.717) is 24.2 Å². The Morgan fingerprint density at radius 1 is 1.08 bits per heavy atom. The standard InChI is InChI=1S/C21H20N2O3/c1-26-16-12-19-20(24)22-18-10-9-15(8-7-14-5-3-2-4-6-14)11-17(18)21(25)23(19)13-16/h2-11,16,19H,12-13H2,1H3,(H,22,24)/b8-7+/t16-,19+/m1/s1. The van der Waals surface area contributed by atoms with Gasteiger partial charge in [0.15, 0.2) is 0 Å². The van der Waals surface area contributed by atoms with Crippen LogP contribution in [0, 0.1) is 0 Å². The van der Waals surface area contributed by atoms with Crippen molar-refractivity contribution in [2.24, 2.45) is 0 Å². The number of benzene rings is 2. The summed E-state index contributed by atoms with van der Waals surface area (Å²) in [6.45, 7) is 0.441. The number of anilines is 1. The van der Waals surface area contributed by atoms with Crippen molar-refractivity contribution in [3.63, 3.8) is 0 Å². The number of rotatable bonds is 3. The van der Waals surface area contributed by atoms with Crippen molar-refractivity contribution >= 4 is 29.7 Å². The molecule has 0 unspecified atom stereocenters. The summed E-state index contributed by atoms with van der Waals surface area (Å²) in [6.07, 6.45) is 4.40. The molecule has 0 aliphatic carbocycles. The van der Waals surface area contributed by atoms with E-state index >= 15 is 0 Å². The summed E-state index contributed by atoms with van der Waals surface area (Å²) < 4.78 is 5.35. The van der Waals surface area contributed by atoms with Gasteiger partial charge in [0.05, 0.1) is 17.4 Å². The molecule has 2 aromatic carbocycles. The predicted molar refractivity (Wildman–Crippen MR) is 101 cm³/mol. The van der Waals surface area contributed by atoms with Gasteiger partial charge >= 0.3 is 0 Å². The molecule has 5 nitrogen and oxygen atoms in total. The van der Waals surface area contributed by atoms with Gasteiger partial charge in [-0.05, 0) is 23.3 Å². The largest absolute Gasteiger partial charge is 0.380 e. The van der Waals surface area contributed by atoms with Gasteiger partial charge in [-0.15, -0.1) is 0 Å². The first-order valence-electron chi connectivity index (χ1n) is 8.67. The number of nitrogens with one attached hydrogen (secondary N) is 1. The molecule has 0 aromatic heterocycles. The third-order valence-corrected chi connectivity index (χ3v) is 4.96. The van der Waals surface area contributed by atoms with E-state index in [-0.39, 0.29) is 17.9 Å². The van der Waals surface area contributed by atoms with Gasteiger partial charge in [-0.25, -0.2) is 0 Å². The van der Waals surface area contributed by atoms with Crippen LogP contribution in [-0.4, -0.2) is 42.5 Å². The normalized spacial score (nSPS) is 22.1. The number of carbonyl (C=O) groups excluding carboxylic acids is 2. The highest BCUT2D eigenvalue weighted by Crippen LogP contribution is 2.30. The minimum atomic E-state index is -0.469. The van der Waals surface area contributed by atoms with Crippen molar-refractivity contribution in [2.45, 2.75) is 18.6 Å². The fourth-order valence-corrected chi connectivity index (χ4v) is 3.52. The van der Waals surface area contributed by atoms with Crippen LogP contribution < -0.4 is 5.32 Å². The minimum Gasteiger partial charge on any atom is -0.380 e. The molecule has 0 bridgehead atoms. The van der Waals surface area contributed by atoms with Crippen LogP contribution in [0.3, 0.4) is 0 Å². The first-order chi connectivity index (χ1) is 12.7. The number of fused-ring (bicyclic) bond motifs is 2. The van der Waals surface area contributed by atoms with Gasteiger partial charge in [-0.1, -0.05) is 48.6 Å². The van der Waals surface area contributed by atoms with Crippen molar-refractivity contribution in [2.75, 3.05) is 19.0 Å². The lowest BCUT2D eigenvalue weighted by molar-refractivity contribution is -0.119. The molecule has 26 heavy (non-hydrogen) atoms. The molecule has 5 heteroatoms. The lowest BCUT2D eigenvalue weighted by atomic mass is 10.1. The predicted octanol–water partition coefficient (Wildman–Crippen LogP) is 3.04. The van der Waals surface area contributed by atoms with Gasteiger partial charge in [0.1, 0.15) is 6.04 Å². The van der Waals surface area contributed by atoms with E-state index in [1.807, 2.05) is 54.6 Å². The fourth-order valence-electron chi connectivity index (χ4n) is 3.52. The molecule has 1 fully saturated rings. The van der Waals surface area contributed by atoms with E-state index in [1.54, 1.807) is 18.1 Å². The molecular weight excluding hydrogens is 328 g/mol. The molecule has 132 valence electrons. The molecule has 1 saturated heterocycles. The molecule has 2 aliphatic rings. The third kappa shape index (κ3) is 3.02. The monoisotopic (exact) mass is 348 g/mol. The fraction of sp³-hybridized carbons (Fsp3) is 0.238. The van der Waals surface area contributed by atoms with E-state index in [1.165, 1.54) is 0 Å². The van der Waals surface area contributed by atoms with Gasteiger partial charge in [0.25, 0.3) is 5.91 Å². The van der Waals surface area contributed by atoms with E-state index in [9.17, 15) is 9.59 Å². The second-order valence-electron chi connectivity index (χ2n) is 6.61. The Morgan fingerprint density at radius 3 is 2.62 bits per heavy atom. The molecule has 0 saturated carbocycles. The van der Waals surface area contributed by atoms with E-state index in [2.05, 4.69) is 5.32 Å². The maximum atomic E-state index is 13.0. The van der Waals surface area contributed by atoms with E-state index in [0.717, 1.165) is 11.1 Å². The van der Waals surface area contributed by atoms with Gasteiger partial charge in [-0.2, -0.15) is 0 Å². The second kappa shape index (κ2) is 6.77. The molecule has 2 heterocycles. The van der Waals surface area contributed by atoms with Crippen LogP contribution in [0.4, 0.5) is 5.69 Å². The van der Waals surface area contributed by atoms with Crippen molar-refractivity contribution < 1.29 is 14.3 Å². The van der Waals surface area contributed by atoms with Gasteiger partial charge in [0.2, 0.25) is 5.91 Å². The first-order valence-corrected chi connectivity index (χ1v) is 8.67. The van der Waals surface area contributed by atoms with Crippen LogP contribution in [0.1, 0.15) is 27.9 Å². The Bertz CT molecular complexity index is 876. The van der Waals surface area contributed by atoms with Crippen LogP contribution in [0.5, 0.6) is 0 Å². The maximum absolute atomic E-state index is 13.0. The number of carbonyl (C=O) groups is 2. The molecule has 4 rings (SSSR count). The molecule has 2 aliphatic heterocycles. The summed E-state index contributed by atoms with van der Waals surface area (Å²) in [5, 5.41) is 2.89. The summed E-state index contributed by atoms with van der Waals surface area (Å²) in [7, 11) is 1.61. The zero-order valence-electron chi connectivity index (χ0n) is 14.5. The second-order valence-corrected chi connectivity index (χ2v) is 6.61. The lowest BCUT2D eigenvalue weighted by Crippen LogP contribution is -2.40. The van der Waals surface area contributed by atoms with Crippen LogP contribution in [0.25, 0.3) is 12.2 Å². The van der Waals surface area contributed by atoms with Crippen LogP contribution in [0.15, 0.2) is 48.5 Å². The number of hydrogen-bond acceptors (Lipinski definition) is 3. The quantitative estimate of drug-likeness (QED) is 0.868. The van der Waals surface area contributed by atoms with Crippen molar-refractivity contribution in [1.82, 2.24) is 4.90 Å². The van der Waals surface area contributed by atoms with Gasteiger partial charge in [0, 0.05) is 20.1 Å². The van der Waals surface area contributed by atoms with E-state index < -0.39 is 6.04 Å². The summed E-state index contributed by atoms with van der Waals surface area (Å²) in [6, 6.07) is 15.0. The smallest absolute Gasteiger partial charge is 0.256 e. The summed E-state index contributed by atoms with van der Waals surface area (Å²) in [4.78, 5) is 27.1. The Hall–Kier alpha value is -2.92.